The molecule has 3 rings (SSSR count). The number of hydrogen-bond donors (Lipinski definition) is 0. The molecule has 1 aliphatic heterocycles. The average molecular weight is 368 g/mol. The van der Waals surface area contributed by atoms with Gasteiger partial charge in [-0.2, -0.15) is 4.31 Å². The van der Waals surface area contributed by atoms with Crippen molar-refractivity contribution >= 4 is 33.4 Å². The van der Waals surface area contributed by atoms with Gasteiger partial charge in [-0.05, 0) is 37.1 Å². The van der Waals surface area contributed by atoms with E-state index in [2.05, 4.69) is 0 Å². The lowest BCUT2D eigenvalue weighted by molar-refractivity contribution is 0.434. The summed E-state index contributed by atoms with van der Waals surface area (Å²) in [6.45, 7) is 4.30. The first-order valence-electron chi connectivity index (χ1n) is 7.36. The van der Waals surface area contributed by atoms with Gasteiger partial charge in [-0.1, -0.05) is 47.5 Å². The normalized spacial score (nSPS) is 19.2. The fourth-order valence-corrected chi connectivity index (χ4v) is 6.62. The third-order valence-corrected chi connectivity index (χ3v) is 7.68. The van der Waals surface area contributed by atoms with Crippen LogP contribution in [-0.4, -0.2) is 25.0 Å². The first-order valence-corrected chi connectivity index (χ1v) is 10.2. The summed E-state index contributed by atoms with van der Waals surface area (Å²) in [5.74, 6) is 0.764. The van der Waals surface area contributed by atoms with E-state index in [1.165, 1.54) is 0 Å². The second-order valence-corrected chi connectivity index (χ2v) is 9.08. The number of thioether (sulfide) groups is 1. The van der Waals surface area contributed by atoms with Crippen LogP contribution in [0.3, 0.4) is 0 Å². The zero-order valence-electron chi connectivity index (χ0n) is 13.0. The molecule has 1 aliphatic rings. The van der Waals surface area contributed by atoms with Crippen LogP contribution in [0.2, 0.25) is 5.02 Å². The van der Waals surface area contributed by atoms with Crippen molar-refractivity contribution in [1.82, 2.24) is 4.31 Å². The van der Waals surface area contributed by atoms with Crippen molar-refractivity contribution in [2.75, 3.05) is 12.3 Å². The summed E-state index contributed by atoms with van der Waals surface area (Å²) >= 11 is 7.89. The zero-order valence-corrected chi connectivity index (χ0v) is 15.4. The van der Waals surface area contributed by atoms with E-state index in [0.717, 1.165) is 22.4 Å². The predicted octanol–water partition coefficient (Wildman–Crippen LogP) is 4.39. The van der Waals surface area contributed by atoms with Crippen LogP contribution >= 0.6 is 23.4 Å². The largest absolute Gasteiger partial charge is 0.244 e. The summed E-state index contributed by atoms with van der Waals surface area (Å²) < 4.78 is 27.8. The Balaban J connectivity index is 2.04. The SMILES string of the molecule is Cc1ccc(S(=O)(=O)N2CCS[C@@H]2c2ccccc2Cl)c(C)c1. The van der Waals surface area contributed by atoms with Crippen molar-refractivity contribution in [3.05, 3.63) is 64.2 Å². The van der Waals surface area contributed by atoms with Crippen molar-refractivity contribution in [1.29, 1.82) is 0 Å². The Morgan fingerprint density at radius 3 is 2.61 bits per heavy atom. The second kappa shape index (κ2) is 6.48. The van der Waals surface area contributed by atoms with Gasteiger partial charge in [-0.25, -0.2) is 8.42 Å². The molecule has 0 spiro atoms. The van der Waals surface area contributed by atoms with E-state index in [9.17, 15) is 8.42 Å². The van der Waals surface area contributed by atoms with Gasteiger partial charge in [0.2, 0.25) is 10.0 Å². The van der Waals surface area contributed by atoms with Gasteiger partial charge in [0.15, 0.2) is 0 Å². The molecular formula is C17H18ClNO2S2. The van der Waals surface area contributed by atoms with Crippen molar-refractivity contribution in [3.8, 4) is 0 Å². The number of hydrogen-bond acceptors (Lipinski definition) is 3. The lowest BCUT2D eigenvalue weighted by atomic mass is 10.2. The third-order valence-electron chi connectivity index (χ3n) is 3.94. The summed E-state index contributed by atoms with van der Waals surface area (Å²) in [5.41, 5.74) is 2.68. The molecule has 6 heteroatoms. The van der Waals surface area contributed by atoms with E-state index < -0.39 is 10.0 Å². The van der Waals surface area contributed by atoms with Crippen LogP contribution in [-0.2, 0) is 10.0 Å². The summed E-state index contributed by atoms with van der Waals surface area (Å²) in [6, 6.07) is 12.9. The molecule has 23 heavy (non-hydrogen) atoms. The van der Waals surface area contributed by atoms with E-state index in [4.69, 9.17) is 11.6 Å². The molecule has 0 radical (unpaired) electrons. The van der Waals surface area contributed by atoms with E-state index >= 15 is 0 Å². The maximum absolute atomic E-state index is 13.1. The van der Waals surface area contributed by atoms with Gasteiger partial charge >= 0.3 is 0 Å². The number of halogens is 1. The van der Waals surface area contributed by atoms with Crippen LogP contribution in [0.25, 0.3) is 0 Å². The topological polar surface area (TPSA) is 37.4 Å². The van der Waals surface area contributed by atoms with Gasteiger partial charge in [0.1, 0.15) is 0 Å². The predicted molar refractivity (Wildman–Crippen MR) is 96.5 cm³/mol. The van der Waals surface area contributed by atoms with Crippen molar-refractivity contribution in [2.45, 2.75) is 24.1 Å². The molecular weight excluding hydrogens is 350 g/mol. The van der Waals surface area contributed by atoms with Crippen molar-refractivity contribution < 1.29 is 8.42 Å². The third kappa shape index (κ3) is 3.15. The molecule has 1 heterocycles. The molecule has 0 saturated carbocycles. The summed E-state index contributed by atoms with van der Waals surface area (Å²) in [5, 5.41) is 0.335. The van der Waals surface area contributed by atoms with Gasteiger partial charge < -0.3 is 0 Å². The molecule has 0 aromatic heterocycles. The van der Waals surface area contributed by atoms with E-state index in [1.54, 1.807) is 28.2 Å². The van der Waals surface area contributed by atoms with Crippen molar-refractivity contribution in [2.24, 2.45) is 0 Å². The maximum atomic E-state index is 13.1. The number of aryl methyl sites for hydroxylation is 2. The van der Waals surface area contributed by atoms with Crippen LogP contribution in [0.15, 0.2) is 47.4 Å². The Kier molecular flexibility index (Phi) is 4.74. The molecule has 1 atom stereocenters. The molecule has 0 bridgehead atoms. The Morgan fingerprint density at radius 1 is 1.17 bits per heavy atom. The Bertz CT molecular complexity index is 836. The lowest BCUT2D eigenvalue weighted by Gasteiger charge is -2.25. The molecule has 122 valence electrons. The van der Waals surface area contributed by atoms with Gasteiger partial charge in [0.05, 0.1) is 10.3 Å². The molecule has 2 aromatic carbocycles. The van der Waals surface area contributed by atoms with Crippen LogP contribution in [0.4, 0.5) is 0 Å². The Morgan fingerprint density at radius 2 is 1.91 bits per heavy atom. The van der Waals surface area contributed by atoms with Gasteiger partial charge in [-0.15, -0.1) is 11.8 Å². The summed E-state index contributed by atoms with van der Waals surface area (Å²) in [4.78, 5) is 0.377. The maximum Gasteiger partial charge on any atom is 0.244 e. The highest BCUT2D eigenvalue weighted by molar-refractivity contribution is 8.01. The molecule has 0 aliphatic carbocycles. The zero-order chi connectivity index (χ0) is 16.6. The minimum Gasteiger partial charge on any atom is -0.207 e. The fraction of sp³-hybridized carbons (Fsp3) is 0.294. The minimum absolute atomic E-state index is 0.269. The Hall–Kier alpha value is -1.01. The van der Waals surface area contributed by atoms with Gasteiger partial charge in [-0.3, -0.25) is 0 Å². The molecule has 1 saturated heterocycles. The number of sulfonamides is 1. The minimum atomic E-state index is -3.55. The number of rotatable bonds is 3. The lowest BCUT2D eigenvalue weighted by Crippen LogP contribution is -2.31. The molecule has 2 aromatic rings. The van der Waals surface area contributed by atoms with Crippen LogP contribution in [0.1, 0.15) is 22.1 Å². The first-order chi connectivity index (χ1) is 10.9. The van der Waals surface area contributed by atoms with Gasteiger partial charge in [0, 0.05) is 17.3 Å². The summed E-state index contributed by atoms with van der Waals surface area (Å²) in [6.07, 6.45) is 0. The van der Waals surface area contributed by atoms with Crippen molar-refractivity contribution in [3.63, 3.8) is 0 Å². The first kappa shape index (κ1) is 16.8. The average Bonchev–Trinajstić information content (AvgIpc) is 2.97. The highest BCUT2D eigenvalue weighted by Crippen LogP contribution is 2.43. The quantitative estimate of drug-likeness (QED) is 0.807. The Labute approximate surface area is 146 Å². The van der Waals surface area contributed by atoms with E-state index in [0.29, 0.717) is 16.5 Å². The van der Waals surface area contributed by atoms with Gasteiger partial charge in [0.25, 0.3) is 0 Å². The monoisotopic (exact) mass is 367 g/mol. The number of nitrogens with zero attached hydrogens (tertiary/aromatic N) is 1. The van der Waals surface area contributed by atoms with E-state index in [1.807, 2.05) is 44.2 Å². The molecule has 1 fully saturated rings. The standard InChI is InChI=1S/C17H18ClNO2S2/c1-12-7-8-16(13(2)11-12)23(20,21)19-9-10-22-17(19)14-5-3-4-6-15(14)18/h3-8,11,17H,9-10H2,1-2H3/t17-/m1/s1. The number of benzene rings is 2. The molecule has 0 unspecified atom stereocenters. The molecule has 0 amide bonds. The van der Waals surface area contributed by atoms with Crippen LogP contribution in [0, 0.1) is 13.8 Å². The smallest absolute Gasteiger partial charge is 0.207 e. The molecule has 3 nitrogen and oxygen atoms in total. The highest BCUT2D eigenvalue weighted by Gasteiger charge is 2.38. The molecule has 0 N–H and O–H groups in total. The van der Waals surface area contributed by atoms with E-state index in [-0.39, 0.29) is 5.37 Å². The fourth-order valence-electron chi connectivity index (χ4n) is 2.84. The summed E-state index contributed by atoms with van der Waals surface area (Å²) in [7, 11) is -3.55. The highest BCUT2D eigenvalue weighted by atomic mass is 35.5. The van der Waals surface area contributed by atoms with Crippen LogP contribution in [0.5, 0.6) is 0 Å². The van der Waals surface area contributed by atoms with Crippen LogP contribution < -0.4 is 0 Å². The second-order valence-electron chi connectivity index (χ2n) is 5.63.